The van der Waals surface area contributed by atoms with E-state index in [9.17, 15) is 0 Å². The van der Waals surface area contributed by atoms with Crippen molar-refractivity contribution in [2.45, 2.75) is 27.2 Å². The van der Waals surface area contributed by atoms with Crippen molar-refractivity contribution < 1.29 is 0 Å². The summed E-state index contributed by atoms with van der Waals surface area (Å²) in [6.07, 6.45) is 8.75. The van der Waals surface area contributed by atoms with Gasteiger partial charge in [-0.2, -0.15) is 5.10 Å². The first-order valence-corrected chi connectivity index (χ1v) is 10.9. The molecule has 4 rings (SSSR count). The lowest BCUT2D eigenvalue weighted by molar-refractivity contribution is 0.622. The van der Waals surface area contributed by atoms with Gasteiger partial charge in [-0.25, -0.2) is 0 Å². The minimum Gasteiger partial charge on any atom is -0.359 e. The molecule has 0 bridgehead atoms. The molecular weight excluding hydrogens is 394 g/mol. The lowest BCUT2D eigenvalue weighted by Gasteiger charge is -2.13. The predicted octanol–water partition coefficient (Wildman–Crippen LogP) is 6.73. The summed E-state index contributed by atoms with van der Waals surface area (Å²) in [6.45, 7) is 14.5. The number of allylic oxidation sites excluding steroid dienone is 5. The molecule has 0 saturated carbocycles. The molecule has 0 amide bonds. The van der Waals surface area contributed by atoms with Crippen LogP contribution < -0.4 is 5.32 Å². The molecule has 0 aliphatic carbocycles. The van der Waals surface area contributed by atoms with Gasteiger partial charge in [-0.1, -0.05) is 39.1 Å². The van der Waals surface area contributed by atoms with Gasteiger partial charge >= 0.3 is 0 Å². The summed E-state index contributed by atoms with van der Waals surface area (Å²) in [5.41, 5.74) is 8.85. The molecule has 0 aliphatic rings. The van der Waals surface area contributed by atoms with E-state index in [0.29, 0.717) is 5.92 Å². The van der Waals surface area contributed by atoms with Gasteiger partial charge in [0.25, 0.3) is 0 Å². The first kappa shape index (κ1) is 21.4. The highest BCUT2D eigenvalue weighted by molar-refractivity contribution is 5.97. The third-order valence-corrected chi connectivity index (χ3v) is 5.36. The number of hydrogen-bond donors (Lipinski definition) is 3. The second-order valence-corrected chi connectivity index (χ2v) is 8.33. The van der Waals surface area contributed by atoms with Gasteiger partial charge in [0.05, 0.1) is 22.2 Å². The lowest BCUT2D eigenvalue weighted by Crippen LogP contribution is -2.12. The van der Waals surface area contributed by atoms with Gasteiger partial charge in [-0.15, -0.1) is 0 Å². The van der Waals surface area contributed by atoms with Crippen molar-refractivity contribution in [1.82, 2.24) is 25.5 Å². The summed E-state index contributed by atoms with van der Waals surface area (Å²) in [7, 11) is 0. The Hall–Kier alpha value is -3.86. The van der Waals surface area contributed by atoms with Crippen LogP contribution in [0.15, 0.2) is 85.4 Å². The van der Waals surface area contributed by atoms with E-state index in [1.54, 1.807) is 6.20 Å². The SMILES string of the molecule is C=C/C(=C\C(=C/C)c1ccc2[nH]nc(-c3cc4ncccc4[nH]3)c2c1)NC(=C)CC(C)C. The minimum absolute atomic E-state index is 0.545. The molecule has 0 fully saturated rings. The number of hydrogen-bond acceptors (Lipinski definition) is 3. The van der Waals surface area contributed by atoms with Crippen LogP contribution in [-0.4, -0.2) is 20.2 Å². The van der Waals surface area contributed by atoms with E-state index >= 15 is 0 Å². The molecule has 0 spiro atoms. The van der Waals surface area contributed by atoms with E-state index < -0.39 is 0 Å². The van der Waals surface area contributed by atoms with Crippen LogP contribution in [0.5, 0.6) is 0 Å². The van der Waals surface area contributed by atoms with Crippen LogP contribution in [0.1, 0.15) is 32.8 Å². The standard InChI is InChI=1S/C27H29N5/c1-6-19(14-21(7-2)29-18(5)13-17(3)4)20-10-11-23-22(15-20)27(32-31-23)26-16-25-24(30-26)9-8-12-28-25/h6-12,14-17,29-30H,2,5,13H2,1,3-4H3,(H,31,32)/b19-6+,21-14+. The first-order chi connectivity index (χ1) is 15.5. The summed E-state index contributed by atoms with van der Waals surface area (Å²) >= 11 is 0. The fourth-order valence-corrected chi connectivity index (χ4v) is 3.88. The third-order valence-electron chi connectivity index (χ3n) is 5.36. The summed E-state index contributed by atoms with van der Waals surface area (Å²) < 4.78 is 0. The number of fused-ring (bicyclic) bond motifs is 2. The van der Waals surface area contributed by atoms with Gasteiger partial charge < -0.3 is 10.3 Å². The summed E-state index contributed by atoms with van der Waals surface area (Å²) in [5, 5.41) is 12.2. The van der Waals surface area contributed by atoms with E-state index in [0.717, 1.165) is 62.3 Å². The number of nitrogens with zero attached hydrogens (tertiary/aromatic N) is 2. The number of nitrogens with one attached hydrogen (secondary N) is 3. The van der Waals surface area contributed by atoms with E-state index in [4.69, 9.17) is 0 Å². The van der Waals surface area contributed by atoms with Crippen molar-refractivity contribution in [2.24, 2.45) is 5.92 Å². The molecule has 3 N–H and O–H groups in total. The van der Waals surface area contributed by atoms with Gasteiger partial charge in [0, 0.05) is 23.0 Å². The molecular formula is C27H29N5. The van der Waals surface area contributed by atoms with Crippen LogP contribution in [0.2, 0.25) is 0 Å². The van der Waals surface area contributed by atoms with Crippen molar-refractivity contribution in [3.63, 3.8) is 0 Å². The fourth-order valence-electron chi connectivity index (χ4n) is 3.88. The van der Waals surface area contributed by atoms with Crippen LogP contribution in [0.25, 0.3) is 38.9 Å². The fraction of sp³-hybridized carbons (Fsp3) is 0.185. The zero-order valence-corrected chi connectivity index (χ0v) is 18.9. The van der Waals surface area contributed by atoms with E-state index in [1.807, 2.05) is 31.2 Å². The Kier molecular flexibility index (Phi) is 6.08. The van der Waals surface area contributed by atoms with E-state index in [2.05, 4.69) is 82.8 Å². The predicted molar refractivity (Wildman–Crippen MR) is 135 cm³/mol. The first-order valence-electron chi connectivity index (χ1n) is 10.9. The number of pyridine rings is 1. The Bertz CT molecular complexity index is 1310. The molecule has 3 aromatic heterocycles. The van der Waals surface area contributed by atoms with Crippen LogP contribution in [0.3, 0.4) is 0 Å². The largest absolute Gasteiger partial charge is 0.359 e. The normalized spacial score (nSPS) is 12.6. The summed E-state index contributed by atoms with van der Waals surface area (Å²) in [4.78, 5) is 7.85. The molecule has 4 aromatic rings. The molecule has 0 saturated heterocycles. The van der Waals surface area contributed by atoms with E-state index in [-0.39, 0.29) is 0 Å². The second kappa shape index (κ2) is 9.10. The number of rotatable bonds is 8. The Labute approximate surface area is 188 Å². The average Bonchev–Trinajstić information content (AvgIpc) is 3.39. The van der Waals surface area contributed by atoms with Crippen molar-refractivity contribution in [1.29, 1.82) is 0 Å². The monoisotopic (exact) mass is 423 g/mol. The average molecular weight is 424 g/mol. The van der Waals surface area contributed by atoms with Crippen LogP contribution in [0, 0.1) is 5.92 Å². The van der Waals surface area contributed by atoms with Crippen molar-refractivity contribution in [2.75, 3.05) is 0 Å². The smallest absolute Gasteiger partial charge is 0.116 e. The van der Waals surface area contributed by atoms with Crippen molar-refractivity contribution in [3.05, 3.63) is 90.9 Å². The number of H-pyrrole nitrogens is 2. The molecule has 0 atom stereocenters. The van der Waals surface area contributed by atoms with Crippen LogP contribution in [0.4, 0.5) is 0 Å². The number of aromatic amines is 2. The molecule has 0 radical (unpaired) electrons. The van der Waals surface area contributed by atoms with Crippen molar-refractivity contribution in [3.8, 4) is 11.4 Å². The molecule has 0 unspecified atom stereocenters. The third kappa shape index (κ3) is 4.42. The van der Waals surface area contributed by atoms with Crippen LogP contribution in [-0.2, 0) is 0 Å². The second-order valence-electron chi connectivity index (χ2n) is 8.33. The van der Waals surface area contributed by atoms with Gasteiger partial charge in [-0.3, -0.25) is 10.1 Å². The zero-order chi connectivity index (χ0) is 22.7. The van der Waals surface area contributed by atoms with Crippen LogP contribution >= 0.6 is 0 Å². The highest BCUT2D eigenvalue weighted by Crippen LogP contribution is 2.30. The molecule has 5 heteroatoms. The summed E-state index contributed by atoms with van der Waals surface area (Å²) in [6, 6.07) is 12.3. The highest BCUT2D eigenvalue weighted by atomic mass is 15.1. The highest BCUT2D eigenvalue weighted by Gasteiger charge is 2.13. The van der Waals surface area contributed by atoms with Crippen molar-refractivity contribution >= 4 is 27.5 Å². The summed E-state index contributed by atoms with van der Waals surface area (Å²) in [5.74, 6) is 0.545. The topological polar surface area (TPSA) is 69.4 Å². The Morgan fingerprint density at radius 1 is 1.19 bits per heavy atom. The lowest BCUT2D eigenvalue weighted by atomic mass is 10.0. The minimum atomic E-state index is 0.545. The zero-order valence-electron chi connectivity index (χ0n) is 18.9. The Balaban J connectivity index is 1.69. The maximum absolute atomic E-state index is 4.57. The van der Waals surface area contributed by atoms with Gasteiger partial charge in [0.15, 0.2) is 0 Å². The van der Waals surface area contributed by atoms with Gasteiger partial charge in [0.1, 0.15) is 5.69 Å². The molecule has 5 nitrogen and oxygen atoms in total. The quantitative estimate of drug-likeness (QED) is 0.275. The molecule has 3 heterocycles. The maximum Gasteiger partial charge on any atom is 0.116 e. The van der Waals surface area contributed by atoms with E-state index in [1.165, 1.54) is 0 Å². The molecule has 0 aliphatic heterocycles. The molecule has 162 valence electrons. The van der Waals surface area contributed by atoms with Gasteiger partial charge in [-0.05, 0) is 72.9 Å². The molecule has 1 aromatic carbocycles. The Morgan fingerprint density at radius 2 is 2.03 bits per heavy atom. The molecule has 32 heavy (non-hydrogen) atoms. The Morgan fingerprint density at radius 3 is 2.75 bits per heavy atom. The number of benzene rings is 1. The number of aromatic nitrogens is 4. The maximum atomic E-state index is 4.57. The van der Waals surface area contributed by atoms with Gasteiger partial charge in [0.2, 0.25) is 0 Å².